The van der Waals surface area contributed by atoms with Gasteiger partial charge in [0.15, 0.2) is 0 Å². The Balaban J connectivity index is 2.36. The summed E-state index contributed by atoms with van der Waals surface area (Å²) >= 11 is 0. The molecule has 3 nitrogen and oxygen atoms in total. The van der Waals surface area contributed by atoms with Crippen LogP contribution >= 0.6 is 0 Å². The Morgan fingerprint density at radius 3 is 2.08 bits per heavy atom. The Labute approximate surface area is 80.2 Å². The lowest BCUT2D eigenvalue weighted by atomic mass is 9.98. The number of rotatable bonds is 6. The van der Waals surface area contributed by atoms with Gasteiger partial charge in [0.25, 0.3) is 0 Å². The van der Waals surface area contributed by atoms with Gasteiger partial charge in [-0.05, 0) is 24.7 Å². The normalized spacial score (nSPS) is 19.8. The Hall–Kier alpha value is -0.120. The van der Waals surface area contributed by atoms with E-state index >= 15 is 0 Å². The Kier molecular flexibility index (Phi) is 4.16. The number of hydrogen-bond donors (Lipinski definition) is 3. The maximum absolute atomic E-state index is 8.94. The summed E-state index contributed by atoms with van der Waals surface area (Å²) in [6, 6.07) is 0.317. The zero-order valence-electron chi connectivity index (χ0n) is 8.53. The fourth-order valence-electron chi connectivity index (χ4n) is 1.76. The molecule has 0 radical (unpaired) electrons. The molecule has 3 heteroatoms. The van der Waals surface area contributed by atoms with Crippen molar-refractivity contribution in [2.24, 2.45) is 11.8 Å². The van der Waals surface area contributed by atoms with Gasteiger partial charge in [0, 0.05) is 6.04 Å². The highest BCUT2D eigenvalue weighted by Gasteiger charge is 2.33. The topological polar surface area (TPSA) is 52.5 Å². The van der Waals surface area contributed by atoms with Crippen molar-refractivity contribution in [2.45, 2.75) is 38.8 Å². The molecule has 0 aromatic heterocycles. The molecule has 0 aromatic carbocycles. The first kappa shape index (κ1) is 11.0. The summed E-state index contributed by atoms with van der Waals surface area (Å²) in [6.45, 7) is 4.41. The molecule has 0 amide bonds. The van der Waals surface area contributed by atoms with Gasteiger partial charge in [-0.25, -0.2) is 0 Å². The van der Waals surface area contributed by atoms with Crippen molar-refractivity contribution in [3.8, 4) is 0 Å². The highest BCUT2D eigenvalue weighted by atomic mass is 16.3. The molecule has 0 spiro atoms. The van der Waals surface area contributed by atoms with E-state index in [0.717, 1.165) is 5.92 Å². The van der Waals surface area contributed by atoms with E-state index in [1.54, 1.807) is 0 Å². The molecular weight excluding hydrogens is 166 g/mol. The third-order valence-corrected chi connectivity index (χ3v) is 2.72. The summed E-state index contributed by atoms with van der Waals surface area (Å²) in [5, 5.41) is 21.2. The highest BCUT2D eigenvalue weighted by molar-refractivity contribution is 4.90. The molecule has 78 valence electrons. The highest BCUT2D eigenvalue weighted by Crippen LogP contribution is 2.35. The number of aliphatic hydroxyl groups excluding tert-OH is 2. The Bertz CT molecular complexity index is 140. The molecule has 0 heterocycles. The summed E-state index contributed by atoms with van der Waals surface area (Å²) in [5.74, 6) is 1.34. The second-order valence-electron chi connectivity index (χ2n) is 4.34. The molecule has 0 aromatic rings. The van der Waals surface area contributed by atoms with Crippen LogP contribution in [-0.2, 0) is 0 Å². The van der Waals surface area contributed by atoms with Crippen LogP contribution in [0.4, 0.5) is 0 Å². The van der Waals surface area contributed by atoms with Gasteiger partial charge in [0.05, 0.1) is 19.3 Å². The fraction of sp³-hybridized carbons (Fsp3) is 1.00. The van der Waals surface area contributed by atoms with Gasteiger partial charge < -0.3 is 15.5 Å². The van der Waals surface area contributed by atoms with E-state index in [9.17, 15) is 0 Å². The SMILES string of the molecule is CC(C)C(NC(CO)CO)C1CC1. The van der Waals surface area contributed by atoms with Crippen LogP contribution in [0.15, 0.2) is 0 Å². The smallest absolute Gasteiger partial charge is 0.0607 e. The zero-order chi connectivity index (χ0) is 9.84. The van der Waals surface area contributed by atoms with E-state index in [2.05, 4.69) is 19.2 Å². The molecule has 13 heavy (non-hydrogen) atoms. The summed E-state index contributed by atoms with van der Waals surface area (Å²) < 4.78 is 0. The summed E-state index contributed by atoms with van der Waals surface area (Å²) in [6.07, 6.45) is 2.58. The minimum absolute atomic E-state index is 0.0203. The molecule has 1 aliphatic rings. The molecule has 1 rings (SSSR count). The third-order valence-electron chi connectivity index (χ3n) is 2.72. The van der Waals surface area contributed by atoms with Crippen LogP contribution < -0.4 is 5.32 Å². The monoisotopic (exact) mass is 187 g/mol. The van der Waals surface area contributed by atoms with Gasteiger partial charge in [0.2, 0.25) is 0 Å². The summed E-state index contributed by atoms with van der Waals surface area (Å²) in [5.41, 5.74) is 0. The van der Waals surface area contributed by atoms with Gasteiger partial charge in [-0.3, -0.25) is 0 Å². The standard InChI is InChI=1S/C10H21NO2/c1-7(2)10(8-3-4-8)11-9(5-12)6-13/h7-13H,3-6H2,1-2H3. The molecule has 1 atom stereocenters. The van der Waals surface area contributed by atoms with Crippen LogP contribution in [0.1, 0.15) is 26.7 Å². The predicted octanol–water partition coefficient (Wildman–Crippen LogP) is 0.364. The van der Waals surface area contributed by atoms with Gasteiger partial charge >= 0.3 is 0 Å². The number of hydrogen-bond acceptors (Lipinski definition) is 3. The molecule has 1 saturated carbocycles. The fourth-order valence-corrected chi connectivity index (χ4v) is 1.76. The first-order valence-corrected chi connectivity index (χ1v) is 5.16. The molecule has 1 fully saturated rings. The van der Waals surface area contributed by atoms with Gasteiger partial charge in [-0.2, -0.15) is 0 Å². The van der Waals surface area contributed by atoms with Gasteiger partial charge in [0.1, 0.15) is 0 Å². The van der Waals surface area contributed by atoms with Gasteiger partial charge in [-0.15, -0.1) is 0 Å². The van der Waals surface area contributed by atoms with Crippen LogP contribution in [0.2, 0.25) is 0 Å². The minimum Gasteiger partial charge on any atom is -0.395 e. The van der Waals surface area contributed by atoms with Crippen LogP contribution in [0.5, 0.6) is 0 Å². The minimum atomic E-state index is -0.145. The number of nitrogens with one attached hydrogen (secondary N) is 1. The first-order chi connectivity index (χ1) is 6.19. The van der Waals surface area contributed by atoms with Crippen molar-refractivity contribution < 1.29 is 10.2 Å². The maximum Gasteiger partial charge on any atom is 0.0607 e. The van der Waals surface area contributed by atoms with Crippen LogP contribution in [0, 0.1) is 11.8 Å². The molecular formula is C10H21NO2. The van der Waals surface area contributed by atoms with E-state index in [1.165, 1.54) is 12.8 Å². The summed E-state index contributed by atoms with van der Waals surface area (Å²) in [4.78, 5) is 0. The second-order valence-corrected chi connectivity index (χ2v) is 4.34. The van der Waals surface area contributed by atoms with Crippen molar-refractivity contribution in [1.29, 1.82) is 0 Å². The van der Waals surface area contributed by atoms with Gasteiger partial charge in [-0.1, -0.05) is 13.8 Å². The Morgan fingerprint density at radius 1 is 1.23 bits per heavy atom. The van der Waals surface area contributed by atoms with Crippen molar-refractivity contribution in [3.05, 3.63) is 0 Å². The lowest BCUT2D eigenvalue weighted by molar-refractivity contribution is 0.150. The largest absolute Gasteiger partial charge is 0.395 e. The predicted molar refractivity (Wildman–Crippen MR) is 52.4 cm³/mol. The lowest BCUT2D eigenvalue weighted by Gasteiger charge is -2.26. The van der Waals surface area contributed by atoms with E-state index in [4.69, 9.17) is 10.2 Å². The summed E-state index contributed by atoms with van der Waals surface area (Å²) in [7, 11) is 0. The van der Waals surface area contributed by atoms with E-state index in [1.807, 2.05) is 0 Å². The molecule has 0 aliphatic heterocycles. The van der Waals surface area contributed by atoms with E-state index < -0.39 is 0 Å². The van der Waals surface area contributed by atoms with Crippen LogP contribution in [0.3, 0.4) is 0 Å². The molecule has 0 bridgehead atoms. The Morgan fingerprint density at radius 2 is 1.77 bits per heavy atom. The van der Waals surface area contributed by atoms with Crippen molar-refractivity contribution in [2.75, 3.05) is 13.2 Å². The average Bonchev–Trinajstić information content (AvgIpc) is 2.89. The zero-order valence-corrected chi connectivity index (χ0v) is 8.53. The van der Waals surface area contributed by atoms with Crippen molar-refractivity contribution in [1.82, 2.24) is 5.32 Å². The van der Waals surface area contributed by atoms with E-state index in [-0.39, 0.29) is 19.3 Å². The second kappa shape index (κ2) is 4.94. The van der Waals surface area contributed by atoms with Crippen molar-refractivity contribution >= 4 is 0 Å². The average molecular weight is 187 g/mol. The molecule has 1 aliphatic carbocycles. The van der Waals surface area contributed by atoms with E-state index in [0.29, 0.717) is 12.0 Å². The molecule has 0 saturated heterocycles. The molecule has 1 unspecified atom stereocenters. The number of aliphatic hydroxyl groups is 2. The first-order valence-electron chi connectivity index (χ1n) is 5.16. The molecule has 3 N–H and O–H groups in total. The van der Waals surface area contributed by atoms with Crippen LogP contribution in [-0.4, -0.2) is 35.5 Å². The quantitative estimate of drug-likeness (QED) is 0.563. The maximum atomic E-state index is 8.94. The van der Waals surface area contributed by atoms with Crippen molar-refractivity contribution in [3.63, 3.8) is 0 Å². The van der Waals surface area contributed by atoms with Crippen LogP contribution in [0.25, 0.3) is 0 Å². The third kappa shape index (κ3) is 3.25. The lowest BCUT2D eigenvalue weighted by Crippen LogP contribution is -2.46.